The van der Waals surface area contributed by atoms with E-state index < -0.39 is 0 Å². The quantitative estimate of drug-likeness (QED) is 0.878. The summed E-state index contributed by atoms with van der Waals surface area (Å²) in [5.41, 5.74) is 0.672. The third-order valence-corrected chi connectivity index (χ3v) is 4.22. The summed E-state index contributed by atoms with van der Waals surface area (Å²) >= 11 is 6.77. The fraction of sp³-hybridized carbons (Fsp3) is 0.462. The molecule has 0 aromatic heterocycles. The zero-order valence-corrected chi connectivity index (χ0v) is 13.1. The van der Waals surface area contributed by atoms with Gasteiger partial charge < -0.3 is 10.1 Å². The molecule has 0 aliphatic carbocycles. The number of carbonyl (C=O) groups excluding carboxylic acids is 1. The molecule has 1 aromatic carbocycles. The summed E-state index contributed by atoms with van der Waals surface area (Å²) in [6, 6.07) is 5.56. The first-order valence-corrected chi connectivity index (χ1v) is 7.56. The molecule has 1 aromatic rings. The summed E-state index contributed by atoms with van der Waals surface area (Å²) in [6.45, 7) is 2.34. The Morgan fingerprint density at radius 1 is 1.33 bits per heavy atom. The van der Waals surface area contributed by atoms with Gasteiger partial charge in [0.05, 0.1) is 5.56 Å². The van der Waals surface area contributed by atoms with E-state index >= 15 is 0 Å². The van der Waals surface area contributed by atoms with Crippen molar-refractivity contribution in [1.82, 2.24) is 5.32 Å². The maximum absolute atomic E-state index is 12.0. The van der Waals surface area contributed by atoms with Crippen LogP contribution in [0.5, 0.6) is 0 Å². The SMILES string of the molecule is O=C(NCC1CCOCC1)c1ccc(Br)cc1Br. The van der Waals surface area contributed by atoms with Crippen molar-refractivity contribution in [1.29, 1.82) is 0 Å². The molecule has 0 radical (unpaired) electrons. The van der Waals surface area contributed by atoms with Gasteiger partial charge in [-0.15, -0.1) is 0 Å². The van der Waals surface area contributed by atoms with Crippen molar-refractivity contribution >= 4 is 37.8 Å². The Balaban J connectivity index is 1.90. The zero-order valence-electron chi connectivity index (χ0n) is 9.92. The van der Waals surface area contributed by atoms with Crippen LogP contribution in [0.4, 0.5) is 0 Å². The molecule has 0 unspecified atom stereocenters. The van der Waals surface area contributed by atoms with Gasteiger partial charge in [0.15, 0.2) is 0 Å². The monoisotopic (exact) mass is 375 g/mol. The second kappa shape index (κ2) is 6.68. The standard InChI is InChI=1S/C13H15Br2NO2/c14-10-1-2-11(12(15)7-10)13(17)16-8-9-3-5-18-6-4-9/h1-2,7,9H,3-6,8H2,(H,16,17). The number of nitrogens with one attached hydrogen (secondary N) is 1. The van der Waals surface area contributed by atoms with Crippen LogP contribution in [0.1, 0.15) is 23.2 Å². The number of benzene rings is 1. The summed E-state index contributed by atoms with van der Waals surface area (Å²) in [5, 5.41) is 2.99. The number of carbonyl (C=O) groups is 1. The first-order valence-electron chi connectivity index (χ1n) is 5.98. The molecule has 1 aliphatic heterocycles. The van der Waals surface area contributed by atoms with Gasteiger partial charge in [0, 0.05) is 28.7 Å². The molecule has 1 heterocycles. The van der Waals surface area contributed by atoms with E-state index in [9.17, 15) is 4.79 Å². The maximum Gasteiger partial charge on any atom is 0.252 e. The second-order valence-electron chi connectivity index (χ2n) is 4.39. The third kappa shape index (κ3) is 3.80. The van der Waals surface area contributed by atoms with Gasteiger partial charge in [-0.05, 0) is 52.9 Å². The van der Waals surface area contributed by atoms with Gasteiger partial charge in [0.2, 0.25) is 0 Å². The molecular weight excluding hydrogens is 362 g/mol. The van der Waals surface area contributed by atoms with Crippen LogP contribution in [0, 0.1) is 5.92 Å². The summed E-state index contributed by atoms with van der Waals surface area (Å²) in [7, 11) is 0. The molecule has 0 saturated carbocycles. The molecule has 1 amide bonds. The van der Waals surface area contributed by atoms with E-state index in [2.05, 4.69) is 37.2 Å². The number of hydrogen-bond acceptors (Lipinski definition) is 2. The highest BCUT2D eigenvalue weighted by molar-refractivity contribution is 9.11. The first kappa shape index (κ1) is 14.0. The van der Waals surface area contributed by atoms with Gasteiger partial charge in [-0.3, -0.25) is 4.79 Å². The van der Waals surface area contributed by atoms with E-state index in [4.69, 9.17) is 4.74 Å². The van der Waals surface area contributed by atoms with Crippen molar-refractivity contribution in [3.63, 3.8) is 0 Å². The van der Waals surface area contributed by atoms with E-state index in [1.807, 2.05) is 18.2 Å². The Morgan fingerprint density at radius 3 is 2.72 bits per heavy atom. The molecule has 0 bridgehead atoms. The van der Waals surface area contributed by atoms with Crippen molar-refractivity contribution in [2.24, 2.45) is 5.92 Å². The van der Waals surface area contributed by atoms with E-state index in [-0.39, 0.29) is 5.91 Å². The number of rotatable bonds is 3. The van der Waals surface area contributed by atoms with Crippen LogP contribution in [0.25, 0.3) is 0 Å². The van der Waals surface area contributed by atoms with E-state index in [0.29, 0.717) is 11.5 Å². The molecule has 1 saturated heterocycles. The topological polar surface area (TPSA) is 38.3 Å². The van der Waals surface area contributed by atoms with Crippen LogP contribution in [0.2, 0.25) is 0 Å². The van der Waals surface area contributed by atoms with Crippen LogP contribution in [0.3, 0.4) is 0 Å². The molecule has 1 aliphatic rings. The molecule has 0 spiro atoms. The largest absolute Gasteiger partial charge is 0.381 e. The van der Waals surface area contributed by atoms with E-state index in [1.165, 1.54) is 0 Å². The molecule has 3 nitrogen and oxygen atoms in total. The Labute approximate surface area is 124 Å². The average Bonchev–Trinajstić information content (AvgIpc) is 2.37. The van der Waals surface area contributed by atoms with Crippen molar-refractivity contribution in [3.8, 4) is 0 Å². The van der Waals surface area contributed by atoms with Crippen molar-refractivity contribution in [2.45, 2.75) is 12.8 Å². The molecular formula is C13H15Br2NO2. The van der Waals surface area contributed by atoms with Crippen molar-refractivity contribution in [3.05, 3.63) is 32.7 Å². The number of halogens is 2. The Bertz CT molecular complexity index is 431. The van der Waals surface area contributed by atoms with Gasteiger partial charge in [0.25, 0.3) is 5.91 Å². The normalized spacial score (nSPS) is 16.6. The average molecular weight is 377 g/mol. The lowest BCUT2D eigenvalue weighted by molar-refractivity contribution is 0.0642. The van der Waals surface area contributed by atoms with Gasteiger partial charge in [-0.25, -0.2) is 0 Å². The Morgan fingerprint density at radius 2 is 2.06 bits per heavy atom. The lowest BCUT2D eigenvalue weighted by Gasteiger charge is -2.22. The summed E-state index contributed by atoms with van der Waals surface area (Å²) in [4.78, 5) is 12.0. The summed E-state index contributed by atoms with van der Waals surface area (Å²) < 4.78 is 7.06. The molecule has 5 heteroatoms. The van der Waals surface area contributed by atoms with Crippen LogP contribution < -0.4 is 5.32 Å². The van der Waals surface area contributed by atoms with Gasteiger partial charge >= 0.3 is 0 Å². The fourth-order valence-electron chi connectivity index (χ4n) is 1.96. The van der Waals surface area contributed by atoms with E-state index in [0.717, 1.165) is 41.5 Å². The highest BCUT2D eigenvalue weighted by atomic mass is 79.9. The van der Waals surface area contributed by atoms with Crippen LogP contribution >= 0.6 is 31.9 Å². The van der Waals surface area contributed by atoms with Gasteiger partial charge in [0.1, 0.15) is 0 Å². The zero-order chi connectivity index (χ0) is 13.0. The van der Waals surface area contributed by atoms with E-state index in [1.54, 1.807) is 0 Å². The van der Waals surface area contributed by atoms with Crippen LogP contribution in [-0.2, 0) is 4.74 Å². The first-order chi connectivity index (χ1) is 8.66. The highest BCUT2D eigenvalue weighted by Gasteiger charge is 2.16. The lowest BCUT2D eigenvalue weighted by atomic mass is 10.0. The third-order valence-electron chi connectivity index (χ3n) is 3.07. The molecule has 1 fully saturated rings. The molecule has 18 heavy (non-hydrogen) atoms. The minimum Gasteiger partial charge on any atom is -0.381 e. The van der Waals surface area contributed by atoms with Crippen molar-refractivity contribution < 1.29 is 9.53 Å². The molecule has 0 atom stereocenters. The molecule has 1 N–H and O–H groups in total. The van der Waals surface area contributed by atoms with Gasteiger partial charge in [-0.2, -0.15) is 0 Å². The smallest absolute Gasteiger partial charge is 0.252 e. The summed E-state index contributed by atoms with van der Waals surface area (Å²) in [6.07, 6.45) is 2.06. The molecule has 98 valence electrons. The lowest BCUT2D eigenvalue weighted by Crippen LogP contribution is -2.32. The van der Waals surface area contributed by atoms with Crippen molar-refractivity contribution in [2.75, 3.05) is 19.8 Å². The second-order valence-corrected chi connectivity index (χ2v) is 6.16. The fourth-order valence-corrected chi connectivity index (χ4v) is 3.18. The predicted molar refractivity (Wildman–Crippen MR) is 77.7 cm³/mol. The van der Waals surface area contributed by atoms with Crippen LogP contribution in [-0.4, -0.2) is 25.7 Å². The number of amides is 1. The highest BCUT2D eigenvalue weighted by Crippen LogP contribution is 2.22. The molecule has 2 rings (SSSR count). The predicted octanol–water partition coefficient (Wildman–Crippen LogP) is 3.37. The number of hydrogen-bond donors (Lipinski definition) is 1. The van der Waals surface area contributed by atoms with Gasteiger partial charge in [-0.1, -0.05) is 15.9 Å². The minimum absolute atomic E-state index is 0.0270. The maximum atomic E-state index is 12.0. The Hall–Kier alpha value is -0.390. The number of ether oxygens (including phenoxy) is 1. The minimum atomic E-state index is -0.0270. The summed E-state index contributed by atoms with van der Waals surface area (Å²) in [5.74, 6) is 0.512. The Kier molecular flexibility index (Phi) is 5.21. The van der Waals surface area contributed by atoms with Crippen LogP contribution in [0.15, 0.2) is 27.1 Å².